The van der Waals surface area contributed by atoms with Crippen molar-refractivity contribution >= 4 is 43.1 Å². The van der Waals surface area contributed by atoms with Gasteiger partial charge in [0.1, 0.15) is 0 Å². The van der Waals surface area contributed by atoms with Gasteiger partial charge in [-0.1, -0.05) is 210 Å². The van der Waals surface area contributed by atoms with Gasteiger partial charge in [0.2, 0.25) is 0 Å². The van der Waals surface area contributed by atoms with Crippen LogP contribution in [-0.2, 0) is 0 Å². The van der Waals surface area contributed by atoms with Gasteiger partial charge >= 0.3 is 0 Å². The van der Waals surface area contributed by atoms with E-state index in [0.29, 0.717) is 0 Å². The van der Waals surface area contributed by atoms with Crippen molar-refractivity contribution in [2.24, 2.45) is 0 Å². The Hall–Kier alpha value is -6.76. The maximum absolute atomic E-state index is 2.38. The molecule has 0 N–H and O–H groups in total. The van der Waals surface area contributed by atoms with Gasteiger partial charge in [-0.15, -0.1) is 0 Å². The van der Waals surface area contributed by atoms with E-state index in [9.17, 15) is 0 Å². The van der Waals surface area contributed by atoms with Crippen molar-refractivity contribution in [2.45, 2.75) is 48.0 Å². The molecule has 0 aromatic heterocycles. The van der Waals surface area contributed by atoms with Gasteiger partial charge in [-0.05, 0) is 142 Å². The number of hydrogen-bond acceptors (Lipinski definition) is 0. The second-order valence-corrected chi connectivity index (χ2v) is 15.6. The molecular weight excluding hydrogens is 709 g/mol. The molecule has 0 spiro atoms. The molecule has 0 aliphatic rings. The van der Waals surface area contributed by atoms with Crippen LogP contribution in [0.1, 0.15) is 45.2 Å². The van der Waals surface area contributed by atoms with Gasteiger partial charge in [-0.25, -0.2) is 0 Å². The fourth-order valence-electron chi connectivity index (χ4n) is 8.59. The van der Waals surface area contributed by atoms with E-state index in [1.54, 1.807) is 0 Å². The van der Waals surface area contributed by atoms with Gasteiger partial charge in [0.25, 0.3) is 0 Å². The third-order valence-corrected chi connectivity index (χ3v) is 11.8. The zero-order valence-corrected chi connectivity index (χ0v) is 33.9. The Labute approximate surface area is 350 Å². The van der Waals surface area contributed by atoms with Gasteiger partial charge in [0.05, 0.1) is 0 Å². The molecule has 0 heterocycles. The molecule has 0 aliphatic heterocycles. The van der Waals surface area contributed by atoms with Crippen molar-refractivity contribution in [3.63, 3.8) is 0 Å². The first-order chi connectivity index (χ1) is 28.5. The summed E-state index contributed by atoms with van der Waals surface area (Å²) in [5.74, 6) is 0. The van der Waals surface area contributed by atoms with Crippen molar-refractivity contribution in [1.29, 1.82) is 0 Å². The largest absolute Gasteiger partial charge is 0.0776 e. The second kappa shape index (κ2) is 17.0. The van der Waals surface area contributed by atoms with Crippen LogP contribution in [0.2, 0.25) is 0 Å². The van der Waals surface area contributed by atoms with E-state index >= 15 is 0 Å². The summed E-state index contributed by atoms with van der Waals surface area (Å²) in [6.07, 6.45) is 2.64. The van der Waals surface area contributed by atoms with E-state index in [-0.39, 0.29) is 7.43 Å². The average molecular weight is 761 g/mol. The van der Waals surface area contributed by atoms with Gasteiger partial charge < -0.3 is 0 Å². The Morgan fingerprint density at radius 3 is 1.31 bits per heavy atom. The molecule has 0 bridgehead atoms. The van der Waals surface area contributed by atoms with E-state index in [0.717, 1.165) is 0 Å². The summed E-state index contributed by atoms with van der Waals surface area (Å²) in [5, 5.41) is 10.1. The summed E-state index contributed by atoms with van der Waals surface area (Å²) in [6, 6.07) is 71.6. The van der Waals surface area contributed by atoms with Crippen LogP contribution in [0.15, 0.2) is 194 Å². The number of rotatable bonds is 6. The van der Waals surface area contributed by atoms with Crippen LogP contribution in [0.5, 0.6) is 0 Å². The summed E-state index contributed by atoms with van der Waals surface area (Å²) < 4.78 is 0. The van der Waals surface area contributed by atoms with Gasteiger partial charge in [0.15, 0.2) is 0 Å². The molecule has 0 fully saturated rings. The van der Waals surface area contributed by atoms with Crippen LogP contribution in [0, 0.1) is 13.8 Å². The minimum absolute atomic E-state index is 0. The molecule has 10 aromatic carbocycles. The molecule has 288 valence electrons. The molecule has 10 aromatic rings. The molecule has 10 rings (SSSR count). The van der Waals surface area contributed by atoms with Crippen LogP contribution in [0.4, 0.5) is 0 Å². The van der Waals surface area contributed by atoms with Crippen molar-refractivity contribution in [3.8, 4) is 55.6 Å². The Bertz CT molecular complexity index is 3030. The topological polar surface area (TPSA) is 0 Å². The monoisotopic (exact) mass is 760 g/mol. The molecule has 0 radical (unpaired) electrons. The predicted molar refractivity (Wildman–Crippen MR) is 260 cm³/mol. The normalized spacial score (nSPS) is 11.1. The van der Waals surface area contributed by atoms with Crippen LogP contribution in [0.3, 0.4) is 0 Å². The fourth-order valence-corrected chi connectivity index (χ4v) is 8.59. The summed E-state index contributed by atoms with van der Waals surface area (Å²) in [5.41, 5.74) is 15.1. The highest BCUT2D eigenvalue weighted by molar-refractivity contribution is 6.21. The zero-order valence-electron chi connectivity index (χ0n) is 33.9. The molecule has 0 amide bonds. The number of fused-ring (bicyclic) bond motifs is 4. The number of hydrogen-bond donors (Lipinski definition) is 0. The Morgan fingerprint density at radius 2 is 0.712 bits per heavy atom. The summed E-state index contributed by atoms with van der Waals surface area (Å²) >= 11 is 0. The highest BCUT2D eigenvalue weighted by Crippen LogP contribution is 2.45. The lowest BCUT2D eigenvalue weighted by Crippen LogP contribution is -1.92. The standard InChI is InChI=1S/C54H38.C4H10.CH4/c1-35-30-44(28-29-47(35)52-34-43-15-6-5-13-40(43)31-36(52)2)42-16-11-17-46(33-42)54-50-20-9-7-18-48(50)53(49-19-8-10-21-51(49)54)39-25-22-38(23-26-39)45-27-24-37-12-3-4-14-41(37)32-45;1-3-4-2;/h3-34H,1-2H3;3-4H2,1-2H3;1H4. The van der Waals surface area contributed by atoms with Crippen LogP contribution < -0.4 is 0 Å². The average Bonchev–Trinajstić information content (AvgIpc) is 3.28. The van der Waals surface area contributed by atoms with Gasteiger partial charge in [-0.3, -0.25) is 0 Å². The third kappa shape index (κ3) is 7.55. The Kier molecular flexibility index (Phi) is 11.3. The number of unbranched alkanes of at least 4 members (excludes halogenated alkanes) is 1. The number of benzene rings is 10. The number of aryl methyl sites for hydroxylation is 2. The first-order valence-electron chi connectivity index (χ1n) is 20.7. The predicted octanol–water partition coefficient (Wildman–Crippen LogP) is 17.7. The lowest BCUT2D eigenvalue weighted by molar-refractivity contribution is 0.886. The molecule has 59 heavy (non-hydrogen) atoms. The van der Waals surface area contributed by atoms with E-state index in [2.05, 4.69) is 222 Å². The molecule has 0 unspecified atom stereocenters. The Morgan fingerprint density at radius 1 is 0.288 bits per heavy atom. The maximum atomic E-state index is 2.38. The third-order valence-electron chi connectivity index (χ3n) is 11.8. The molecule has 0 heteroatoms. The Balaban J connectivity index is 0.000000928. The molecule has 0 saturated carbocycles. The van der Waals surface area contributed by atoms with Crippen LogP contribution in [0.25, 0.3) is 98.7 Å². The van der Waals surface area contributed by atoms with Crippen molar-refractivity contribution in [3.05, 3.63) is 205 Å². The summed E-state index contributed by atoms with van der Waals surface area (Å²) in [4.78, 5) is 0. The summed E-state index contributed by atoms with van der Waals surface area (Å²) in [6.45, 7) is 8.82. The molecule has 0 aliphatic carbocycles. The highest BCUT2D eigenvalue weighted by Gasteiger charge is 2.17. The van der Waals surface area contributed by atoms with Crippen LogP contribution >= 0.6 is 0 Å². The second-order valence-electron chi connectivity index (χ2n) is 15.6. The molecule has 0 saturated heterocycles. The fraction of sp³-hybridized carbons (Fsp3) is 0.119. The van der Waals surface area contributed by atoms with E-state index < -0.39 is 0 Å². The van der Waals surface area contributed by atoms with E-state index in [4.69, 9.17) is 0 Å². The highest BCUT2D eigenvalue weighted by atomic mass is 14.2. The minimum atomic E-state index is 0. The van der Waals surface area contributed by atoms with Crippen molar-refractivity contribution in [2.75, 3.05) is 0 Å². The summed E-state index contributed by atoms with van der Waals surface area (Å²) in [7, 11) is 0. The first-order valence-corrected chi connectivity index (χ1v) is 20.7. The lowest BCUT2D eigenvalue weighted by Gasteiger charge is -2.18. The van der Waals surface area contributed by atoms with E-state index in [1.807, 2.05) is 0 Å². The SMILES string of the molecule is C.CCCC.Cc1cc(-c2cccc(-c3c4ccccc4c(-c4ccc(-c5ccc6ccccc6c5)cc4)c4ccccc34)c2)ccc1-c1cc2ccccc2cc1C. The van der Waals surface area contributed by atoms with E-state index in [1.165, 1.54) is 123 Å². The molecule has 0 atom stereocenters. The minimum Gasteiger partial charge on any atom is -0.0776 e. The van der Waals surface area contributed by atoms with Crippen LogP contribution in [-0.4, -0.2) is 0 Å². The first kappa shape index (κ1) is 39.1. The molecule has 0 nitrogen and oxygen atoms in total. The van der Waals surface area contributed by atoms with Crippen molar-refractivity contribution in [1.82, 2.24) is 0 Å². The molecular formula is C59H52. The quantitative estimate of drug-likeness (QED) is 0.148. The van der Waals surface area contributed by atoms with Gasteiger partial charge in [-0.2, -0.15) is 0 Å². The van der Waals surface area contributed by atoms with Crippen molar-refractivity contribution < 1.29 is 0 Å². The maximum Gasteiger partial charge on any atom is -0.00262 e. The lowest BCUT2D eigenvalue weighted by atomic mass is 9.85. The smallest absolute Gasteiger partial charge is 0.00262 e. The van der Waals surface area contributed by atoms with Gasteiger partial charge in [0, 0.05) is 0 Å². The zero-order chi connectivity index (χ0) is 39.6.